The number of Topliss-reactive ketones (excluding diaryl/α,β-unsaturated/α-hetero) is 1. The maximum Gasteiger partial charge on any atom is 0.224 e. The Morgan fingerprint density at radius 1 is 1.00 bits per heavy atom. The third-order valence-electron chi connectivity index (χ3n) is 3.96. The number of carbonyl (C=O) groups excluding carboxylic acids is 2. The lowest BCUT2D eigenvalue weighted by Gasteiger charge is -2.06. The predicted molar refractivity (Wildman–Crippen MR) is 84.9 cm³/mol. The number of ketones is 1. The zero-order chi connectivity index (χ0) is 15.4. The van der Waals surface area contributed by atoms with Crippen LogP contribution in [0.25, 0.3) is 0 Å². The van der Waals surface area contributed by atoms with Crippen molar-refractivity contribution < 1.29 is 9.59 Å². The second-order valence-electron chi connectivity index (χ2n) is 5.54. The van der Waals surface area contributed by atoms with E-state index in [0.717, 1.165) is 18.4 Å². The van der Waals surface area contributed by atoms with Crippen molar-refractivity contribution in [1.29, 1.82) is 0 Å². The molecular formula is C18H18N2O2. The van der Waals surface area contributed by atoms with Crippen molar-refractivity contribution in [3.8, 4) is 0 Å². The molecule has 1 aliphatic carbocycles. The van der Waals surface area contributed by atoms with Crippen LogP contribution in [0.1, 0.15) is 40.7 Å². The summed E-state index contributed by atoms with van der Waals surface area (Å²) in [7, 11) is 0. The molecule has 0 aliphatic heterocycles. The topological polar surface area (TPSA) is 59.1 Å². The number of nitrogens with zero attached hydrogens (tertiary/aromatic N) is 1. The minimum Gasteiger partial charge on any atom is -0.326 e. The van der Waals surface area contributed by atoms with Crippen molar-refractivity contribution in [1.82, 2.24) is 4.98 Å². The maximum atomic E-state index is 12.2. The van der Waals surface area contributed by atoms with E-state index in [1.54, 1.807) is 24.5 Å². The van der Waals surface area contributed by atoms with Gasteiger partial charge in [0.2, 0.25) is 5.91 Å². The minimum atomic E-state index is -0.152. The third-order valence-corrected chi connectivity index (χ3v) is 3.96. The van der Waals surface area contributed by atoms with Crippen molar-refractivity contribution in [3.63, 3.8) is 0 Å². The van der Waals surface area contributed by atoms with Gasteiger partial charge in [0.25, 0.3) is 0 Å². The number of fused-ring (bicyclic) bond motifs is 1. The van der Waals surface area contributed by atoms with E-state index in [-0.39, 0.29) is 24.5 Å². The number of carbonyl (C=O) groups is 2. The highest BCUT2D eigenvalue weighted by atomic mass is 16.2. The molecule has 0 radical (unpaired) electrons. The van der Waals surface area contributed by atoms with Gasteiger partial charge in [-0.3, -0.25) is 14.6 Å². The standard InChI is InChI=1S/C18H18N2O2/c21-17(15-5-4-13-2-1-3-14(13)12-15)6-7-18(22)20-16-8-10-19-11-9-16/h4-5,8-12H,1-3,6-7H2,(H,19,20,22). The fourth-order valence-electron chi connectivity index (χ4n) is 2.78. The van der Waals surface area contributed by atoms with Gasteiger partial charge >= 0.3 is 0 Å². The van der Waals surface area contributed by atoms with Gasteiger partial charge in [-0.15, -0.1) is 0 Å². The zero-order valence-corrected chi connectivity index (χ0v) is 12.3. The molecule has 22 heavy (non-hydrogen) atoms. The minimum absolute atomic E-state index is 0.0274. The zero-order valence-electron chi connectivity index (χ0n) is 12.3. The summed E-state index contributed by atoms with van der Waals surface area (Å²) in [6.07, 6.45) is 6.99. The van der Waals surface area contributed by atoms with Crippen molar-refractivity contribution in [2.75, 3.05) is 5.32 Å². The van der Waals surface area contributed by atoms with E-state index in [1.807, 2.05) is 18.2 Å². The molecular weight excluding hydrogens is 276 g/mol. The molecule has 0 saturated heterocycles. The van der Waals surface area contributed by atoms with Crippen molar-refractivity contribution in [3.05, 3.63) is 59.4 Å². The third kappa shape index (κ3) is 3.39. The number of aromatic nitrogens is 1. The Labute approximate surface area is 129 Å². The SMILES string of the molecule is O=C(CCC(=O)c1ccc2c(c1)CCC2)Nc1ccncc1. The van der Waals surface area contributed by atoms with Crippen molar-refractivity contribution >= 4 is 17.4 Å². The van der Waals surface area contributed by atoms with Crippen LogP contribution in [0.4, 0.5) is 5.69 Å². The Morgan fingerprint density at radius 3 is 2.59 bits per heavy atom. The largest absolute Gasteiger partial charge is 0.326 e. The molecule has 0 unspecified atom stereocenters. The number of hydrogen-bond acceptors (Lipinski definition) is 3. The first-order valence-electron chi connectivity index (χ1n) is 7.57. The quantitative estimate of drug-likeness (QED) is 0.862. The monoisotopic (exact) mass is 294 g/mol. The molecule has 0 fully saturated rings. The molecule has 1 aliphatic rings. The second kappa shape index (κ2) is 6.52. The average molecular weight is 294 g/mol. The van der Waals surface area contributed by atoms with Gasteiger partial charge in [0, 0.05) is 36.5 Å². The molecule has 0 atom stereocenters. The number of benzene rings is 1. The number of anilines is 1. The molecule has 4 heteroatoms. The molecule has 0 bridgehead atoms. The van der Waals surface area contributed by atoms with Gasteiger partial charge in [0.1, 0.15) is 0 Å². The van der Waals surface area contributed by atoms with E-state index >= 15 is 0 Å². The highest BCUT2D eigenvalue weighted by Crippen LogP contribution is 2.23. The van der Waals surface area contributed by atoms with E-state index in [0.29, 0.717) is 5.69 Å². The Hall–Kier alpha value is -2.49. The summed E-state index contributed by atoms with van der Waals surface area (Å²) in [5.41, 5.74) is 4.06. The van der Waals surface area contributed by atoms with Gasteiger partial charge in [-0.05, 0) is 48.6 Å². The van der Waals surface area contributed by atoms with Crippen LogP contribution in [-0.2, 0) is 17.6 Å². The van der Waals surface area contributed by atoms with Gasteiger partial charge in [0.15, 0.2) is 5.78 Å². The summed E-state index contributed by atoms with van der Waals surface area (Å²) >= 11 is 0. The van der Waals surface area contributed by atoms with Crippen LogP contribution in [0.3, 0.4) is 0 Å². The normalized spacial score (nSPS) is 12.7. The summed E-state index contributed by atoms with van der Waals surface area (Å²) in [4.78, 5) is 28.0. The number of pyridine rings is 1. The molecule has 0 saturated carbocycles. The molecule has 1 heterocycles. The number of amides is 1. The van der Waals surface area contributed by atoms with Crippen LogP contribution in [0.2, 0.25) is 0 Å². The Bertz CT molecular complexity index is 695. The lowest BCUT2D eigenvalue weighted by Crippen LogP contribution is -2.13. The summed E-state index contributed by atoms with van der Waals surface area (Å²) in [6, 6.07) is 9.37. The molecule has 112 valence electrons. The maximum absolute atomic E-state index is 12.2. The van der Waals surface area contributed by atoms with Gasteiger partial charge in [-0.2, -0.15) is 0 Å². The Balaban J connectivity index is 1.55. The molecule has 3 rings (SSSR count). The summed E-state index contributed by atoms with van der Waals surface area (Å²) in [6.45, 7) is 0. The smallest absolute Gasteiger partial charge is 0.224 e. The van der Waals surface area contributed by atoms with Crippen LogP contribution in [0, 0.1) is 0 Å². The van der Waals surface area contributed by atoms with Crippen LogP contribution in [0.5, 0.6) is 0 Å². The summed E-state index contributed by atoms with van der Waals surface area (Å²) < 4.78 is 0. The van der Waals surface area contributed by atoms with Gasteiger partial charge in [0.05, 0.1) is 0 Å². The highest BCUT2D eigenvalue weighted by molar-refractivity contribution is 6.00. The van der Waals surface area contributed by atoms with E-state index in [1.165, 1.54) is 17.5 Å². The fraction of sp³-hybridized carbons (Fsp3) is 0.278. The fourth-order valence-corrected chi connectivity index (χ4v) is 2.78. The van der Waals surface area contributed by atoms with Crippen LogP contribution >= 0.6 is 0 Å². The summed E-state index contributed by atoms with van der Waals surface area (Å²) in [5, 5.41) is 2.76. The second-order valence-corrected chi connectivity index (χ2v) is 5.54. The number of rotatable bonds is 5. The summed E-state index contributed by atoms with van der Waals surface area (Å²) in [5.74, 6) is -0.125. The predicted octanol–water partition coefficient (Wildman–Crippen LogP) is 3.17. The van der Waals surface area contributed by atoms with Crippen LogP contribution < -0.4 is 5.32 Å². The van der Waals surface area contributed by atoms with Crippen molar-refractivity contribution in [2.24, 2.45) is 0 Å². The van der Waals surface area contributed by atoms with E-state index in [9.17, 15) is 9.59 Å². The first kappa shape index (κ1) is 14.4. The highest BCUT2D eigenvalue weighted by Gasteiger charge is 2.14. The molecule has 1 aromatic heterocycles. The van der Waals surface area contributed by atoms with E-state index < -0.39 is 0 Å². The lowest BCUT2D eigenvalue weighted by atomic mass is 10.0. The molecule has 1 N–H and O–H groups in total. The van der Waals surface area contributed by atoms with E-state index in [4.69, 9.17) is 0 Å². The van der Waals surface area contributed by atoms with Crippen LogP contribution in [-0.4, -0.2) is 16.7 Å². The molecule has 4 nitrogen and oxygen atoms in total. The molecule has 1 amide bonds. The first-order valence-corrected chi connectivity index (χ1v) is 7.57. The molecule has 2 aromatic rings. The van der Waals surface area contributed by atoms with Gasteiger partial charge in [-0.25, -0.2) is 0 Å². The number of hydrogen-bond donors (Lipinski definition) is 1. The Kier molecular flexibility index (Phi) is 4.28. The molecule has 1 aromatic carbocycles. The van der Waals surface area contributed by atoms with Gasteiger partial charge < -0.3 is 5.32 Å². The lowest BCUT2D eigenvalue weighted by molar-refractivity contribution is -0.116. The van der Waals surface area contributed by atoms with Crippen molar-refractivity contribution in [2.45, 2.75) is 32.1 Å². The van der Waals surface area contributed by atoms with Crippen LogP contribution in [0.15, 0.2) is 42.7 Å². The Morgan fingerprint density at radius 2 is 1.77 bits per heavy atom. The number of nitrogens with one attached hydrogen (secondary N) is 1. The number of aryl methyl sites for hydroxylation is 2. The molecule has 0 spiro atoms. The van der Waals surface area contributed by atoms with E-state index in [2.05, 4.69) is 10.3 Å². The first-order chi connectivity index (χ1) is 10.7. The average Bonchev–Trinajstić information content (AvgIpc) is 3.01. The van der Waals surface area contributed by atoms with Gasteiger partial charge in [-0.1, -0.05) is 12.1 Å².